The number of nitro groups is 1. The molecule has 1 rings (SSSR count). The average Bonchev–Trinajstić information content (AvgIpc) is 2.25. The Bertz CT molecular complexity index is 406. The third-order valence-electron chi connectivity index (χ3n) is 2.24. The summed E-state index contributed by atoms with van der Waals surface area (Å²) in [5.74, 6) is -1.70. The van der Waals surface area contributed by atoms with Gasteiger partial charge in [0.2, 0.25) is 0 Å². The number of nitro benzene ring substituents is 1. The summed E-state index contributed by atoms with van der Waals surface area (Å²) >= 11 is 0. The summed E-state index contributed by atoms with van der Waals surface area (Å²) < 4.78 is 0. The van der Waals surface area contributed by atoms with Gasteiger partial charge in [-0.3, -0.25) is 14.9 Å². The van der Waals surface area contributed by atoms with Crippen molar-refractivity contribution in [3.63, 3.8) is 0 Å². The second-order valence-electron chi connectivity index (χ2n) is 3.40. The minimum atomic E-state index is -0.992. The van der Waals surface area contributed by atoms with E-state index in [9.17, 15) is 14.9 Å². The molecule has 0 aliphatic rings. The topological polar surface area (TPSA) is 106 Å². The van der Waals surface area contributed by atoms with Gasteiger partial charge in [0.15, 0.2) is 0 Å². The van der Waals surface area contributed by atoms with Gasteiger partial charge in [0.1, 0.15) is 0 Å². The molecule has 0 heterocycles. The number of carboxylic acid groups (broad SMARTS) is 1. The SMILES string of the molecule is NC[C@H](Cc1cccc([N+](=O)[O-])c1)C(=O)O. The van der Waals surface area contributed by atoms with Crippen LogP contribution in [-0.2, 0) is 11.2 Å². The number of nitrogens with two attached hydrogens (primary N) is 1. The van der Waals surface area contributed by atoms with Crippen molar-refractivity contribution in [2.24, 2.45) is 11.7 Å². The van der Waals surface area contributed by atoms with Gasteiger partial charge in [-0.2, -0.15) is 0 Å². The van der Waals surface area contributed by atoms with Crippen molar-refractivity contribution in [2.75, 3.05) is 6.54 Å². The number of carboxylic acids is 1. The van der Waals surface area contributed by atoms with Crippen molar-refractivity contribution in [1.29, 1.82) is 0 Å². The second kappa shape index (κ2) is 5.22. The van der Waals surface area contributed by atoms with Crippen LogP contribution in [0.1, 0.15) is 5.56 Å². The standard InChI is InChI=1S/C10H12N2O4/c11-6-8(10(13)14)4-7-2-1-3-9(5-7)12(15)16/h1-3,5,8H,4,6,11H2,(H,13,14)/t8-/m0/s1. The van der Waals surface area contributed by atoms with Gasteiger partial charge in [-0.05, 0) is 12.0 Å². The van der Waals surface area contributed by atoms with E-state index in [1.54, 1.807) is 6.07 Å². The lowest BCUT2D eigenvalue weighted by atomic mass is 9.99. The molecule has 0 spiro atoms. The first kappa shape index (κ1) is 12.1. The van der Waals surface area contributed by atoms with Gasteiger partial charge in [0, 0.05) is 18.7 Å². The lowest BCUT2D eigenvalue weighted by Crippen LogP contribution is -2.25. The lowest BCUT2D eigenvalue weighted by Gasteiger charge is -2.08. The molecule has 0 bridgehead atoms. The van der Waals surface area contributed by atoms with Crippen LogP contribution in [0, 0.1) is 16.0 Å². The van der Waals surface area contributed by atoms with Crippen LogP contribution in [0.3, 0.4) is 0 Å². The van der Waals surface area contributed by atoms with Crippen LogP contribution in [0.5, 0.6) is 0 Å². The molecule has 3 N–H and O–H groups in total. The van der Waals surface area contributed by atoms with Crippen LogP contribution in [0.25, 0.3) is 0 Å². The van der Waals surface area contributed by atoms with Gasteiger partial charge in [0.25, 0.3) is 5.69 Å². The monoisotopic (exact) mass is 224 g/mol. The Balaban J connectivity index is 2.84. The fourth-order valence-corrected chi connectivity index (χ4v) is 1.35. The van der Waals surface area contributed by atoms with Gasteiger partial charge < -0.3 is 10.8 Å². The molecule has 16 heavy (non-hydrogen) atoms. The second-order valence-corrected chi connectivity index (χ2v) is 3.40. The Kier molecular flexibility index (Phi) is 3.96. The number of benzene rings is 1. The largest absolute Gasteiger partial charge is 0.481 e. The zero-order valence-corrected chi connectivity index (χ0v) is 8.50. The molecular weight excluding hydrogens is 212 g/mol. The van der Waals surface area contributed by atoms with E-state index in [4.69, 9.17) is 10.8 Å². The Morgan fingerprint density at radius 2 is 2.25 bits per heavy atom. The predicted molar refractivity (Wildman–Crippen MR) is 57.0 cm³/mol. The van der Waals surface area contributed by atoms with E-state index in [1.165, 1.54) is 18.2 Å². The number of aliphatic carboxylic acids is 1. The number of rotatable bonds is 5. The molecule has 0 saturated heterocycles. The molecule has 6 heteroatoms. The van der Waals surface area contributed by atoms with Crippen molar-refractivity contribution in [1.82, 2.24) is 0 Å². The van der Waals surface area contributed by atoms with Gasteiger partial charge in [-0.25, -0.2) is 0 Å². The Hall–Kier alpha value is -1.95. The van der Waals surface area contributed by atoms with E-state index >= 15 is 0 Å². The first-order valence-electron chi connectivity index (χ1n) is 4.70. The summed E-state index contributed by atoms with van der Waals surface area (Å²) in [7, 11) is 0. The van der Waals surface area contributed by atoms with Gasteiger partial charge in [-0.15, -0.1) is 0 Å². The maximum atomic E-state index is 10.7. The van der Waals surface area contributed by atoms with E-state index in [2.05, 4.69) is 0 Å². The summed E-state index contributed by atoms with van der Waals surface area (Å²) in [5.41, 5.74) is 5.87. The van der Waals surface area contributed by atoms with Crippen LogP contribution in [0.15, 0.2) is 24.3 Å². The maximum absolute atomic E-state index is 10.7. The van der Waals surface area contributed by atoms with E-state index < -0.39 is 16.8 Å². The summed E-state index contributed by atoms with van der Waals surface area (Å²) in [6.45, 7) is 0.0119. The Labute approximate surface area is 91.8 Å². The molecule has 0 unspecified atom stereocenters. The predicted octanol–water partition coefficient (Wildman–Crippen LogP) is 0.797. The van der Waals surface area contributed by atoms with E-state index in [0.717, 1.165) is 0 Å². The number of hydrogen-bond donors (Lipinski definition) is 2. The molecule has 1 aromatic carbocycles. The van der Waals surface area contributed by atoms with Crippen LogP contribution in [0.2, 0.25) is 0 Å². The third-order valence-corrected chi connectivity index (χ3v) is 2.24. The Morgan fingerprint density at radius 3 is 2.75 bits per heavy atom. The molecule has 1 aromatic rings. The van der Waals surface area contributed by atoms with E-state index in [-0.39, 0.29) is 18.7 Å². The van der Waals surface area contributed by atoms with Gasteiger partial charge in [-0.1, -0.05) is 12.1 Å². The molecule has 6 nitrogen and oxygen atoms in total. The summed E-state index contributed by atoms with van der Waals surface area (Å²) in [5, 5.41) is 19.3. The minimum absolute atomic E-state index is 0.0119. The van der Waals surface area contributed by atoms with Crippen molar-refractivity contribution in [3.8, 4) is 0 Å². The first-order valence-corrected chi connectivity index (χ1v) is 4.70. The zero-order chi connectivity index (χ0) is 12.1. The highest BCUT2D eigenvalue weighted by molar-refractivity contribution is 5.70. The number of carbonyl (C=O) groups is 1. The molecule has 0 saturated carbocycles. The van der Waals surface area contributed by atoms with Gasteiger partial charge in [0.05, 0.1) is 10.8 Å². The fourth-order valence-electron chi connectivity index (χ4n) is 1.35. The number of hydrogen-bond acceptors (Lipinski definition) is 4. The summed E-state index contributed by atoms with van der Waals surface area (Å²) in [4.78, 5) is 20.7. The van der Waals surface area contributed by atoms with Crippen LogP contribution >= 0.6 is 0 Å². The normalized spacial score (nSPS) is 12.1. The Morgan fingerprint density at radius 1 is 1.56 bits per heavy atom. The van der Waals surface area contributed by atoms with E-state index in [1.807, 2.05) is 0 Å². The molecule has 0 aliphatic heterocycles. The highest BCUT2D eigenvalue weighted by Crippen LogP contribution is 2.16. The molecule has 0 fully saturated rings. The quantitative estimate of drug-likeness (QED) is 0.568. The van der Waals surface area contributed by atoms with Gasteiger partial charge >= 0.3 is 5.97 Å². The first-order chi connectivity index (χ1) is 7.54. The number of non-ortho nitro benzene ring substituents is 1. The smallest absolute Gasteiger partial charge is 0.308 e. The van der Waals surface area contributed by atoms with Crippen molar-refractivity contribution < 1.29 is 14.8 Å². The van der Waals surface area contributed by atoms with Crippen LogP contribution < -0.4 is 5.73 Å². The molecular formula is C10H12N2O4. The van der Waals surface area contributed by atoms with Crippen molar-refractivity contribution in [2.45, 2.75) is 6.42 Å². The minimum Gasteiger partial charge on any atom is -0.481 e. The third kappa shape index (κ3) is 3.03. The van der Waals surface area contributed by atoms with Crippen LogP contribution in [-0.4, -0.2) is 22.5 Å². The average molecular weight is 224 g/mol. The van der Waals surface area contributed by atoms with E-state index in [0.29, 0.717) is 5.56 Å². The molecule has 0 radical (unpaired) electrons. The van der Waals surface area contributed by atoms with Crippen molar-refractivity contribution >= 4 is 11.7 Å². The highest BCUT2D eigenvalue weighted by atomic mass is 16.6. The molecule has 1 atom stereocenters. The highest BCUT2D eigenvalue weighted by Gasteiger charge is 2.17. The molecule has 86 valence electrons. The molecule has 0 aromatic heterocycles. The number of nitrogens with zero attached hydrogens (tertiary/aromatic N) is 1. The molecule has 0 amide bonds. The van der Waals surface area contributed by atoms with Crippen molar-refractivity contribution in [3.05, 3.63) is 39.9 Å². The molecule has 0 aliphatic carbocycles. The maximum Gasteiger partial charge on any atom is 0.308 e. The zero-order valence-electron chi connectivity index (χ0n) is 8.50. The summed E-state index contributed by atoms with van der Waals surface area (Å²) in [6.07, 6.45) is 0.202. The van der Waals surface area contributed by atoms with Crippen LogP contribution in [0.4, 0.5) is 5.69 Å². The summed E-state index contributed by atoms with van der Waals surface area (Å²) in [6, 6.07) is 5.91. The lowest BCUT2D eigenvalue weighted by molar-refractivity contribution is -0.384. The fraction of sp³-hybridized carbons (Fsp3) is 0.300.